The molecule has 9 heteroatoms. The summed E-state index contributed by atoms with van der Waals surface area (Å²) in [5.74, 6) is -1.50. The molecule has 160 valence electrons. The van der Waals surface area contributed by atoms with Gasteiger partial charge < -0.3 is 11.1 Å². The maximum absolute atomic E-state index is 15.0. The summed E-state index contributed by atoms with van der Waals surface area (Å²) < 4.78 is 15.5. The molecular formula is C23H15BrClFN4O2. The summed E-state index contributed by atoms with van der Waals surface area (Å²) in [5.41, 5.74) is 6.14. The van der Waals surface area contributed by atoms with E-state index in [0.717, 1.165) is 0 Å². The number of amides is 1. The van der Waals surface area contributed by atoms with Crippen molar-refractivity contribution in [3.8, 4) is 6.07 Å². The Morgan fingerprint density at radius 2 is 2.00 bits per heavy atom. The maximum Gasteiger partial charge on any atom is 0.245 e. The van der Waals surface area contributed by atoms with Crippen LogP contribution in [-0.4, -0.2) is 11.7 Å². The summed E-state index contributed by atoms with van der Waals surface area (Å²) in [5, 5.41) is 13.3. The number of carbonyl (C=O) groups excluding carboxylic acids is 2. The lowest BCUT2D eigenvalue weighted by molar-refractivity contribution is -0.122. The van der Waals surface area contributed by atoms with Gasteiger partial charge in [0, 0.05) is 38.4 Å². The summed E-state index contributed by atoms with van der Waals surface area (Å²) in [6, 6.07) is 11.3. The van der Waals surface area contributed by atoms with Crippen molar-refractivity contribution in [3.05, 3.63) is 79.9 Å². The van der Waals surface area contributed by atoms with Crippen LogP contribution in [0.25, 0.3) is 0 Å². The maximum atomic E-state index is 15.0. The first kappa shape index (κ1) is 20.7. The molecule has 1 atom stereocenters. The zero-order valence-electron chi connectivity index (χ0n) is 16.5. The van der Waals surface area contributed by atoms with E-state index in [-0.39, 0.29) is 34.9 Å². The number of allylic oxidation sites excluding steroid dienone is 1. The number of hydrogen-bond donors (Lipinski definition) is 2. The minimum atomic E-state index is -1.73. The number of anilines is 2. The van der Waals surface area contributed by atoms with Gasteiger partial charge in [0.25, 0.3) is 0 Å². The van der Waals surface area contributed by atoms with E-state index in [1.54, 1.807) is 24.3 Å². The number of benzene rings is 2. The quantitative estimate of drug-likeness (QED) is 0.578. The molecule has 0 bridgehead atoms. The SMILES string of the molecule is N#CC1=C(N)N(c2ccc(Br)cc2F)C2=C(C(=O)CCC2)C12C(=O)Nc1ccc(Cl)cc12. The molecule has 1 spiro atoms. The number of halogens is 3. The van der Waals surface area contributed by atoms with Gasteiger partial charge in [-0.15, -0.1) is 0 Å². The van der Waals surface area contributed by atoms with E-state index in [1.165, 1.54) is 17.0 Å². The molecule has 1 unspecified atom stereocenters. The predicted molar refractivity (Wildman–Crippen MR) is 121 cm³/mol. The molecule has 3 aliphatic rings. The van der Waals surface area contributed by atoms with Crippen molar-refractivity contribution >= 4 is 50.6 Å². The number of nitrogens with zero attached hydrogens (tertiary/aromatic N) is 2. The Balaban J connectivity index is 1.90. The molecule has 0 fully saturated rings. The fraction of sp³-hybridized carbons (Fsp3) is 0.174. The monoisotopic (exact) mass is 512 g/mol. The van der Waals surface area contributed by atoms with E-state index >= 15 is 0 Å². The molecule has 2 aromatic carbocycles. The van der Waals surface area contributed by atoms with Gasteiger partial charge in [-0.25, -0.2) is 4.39 Å². The van der Waals surface area contributed by atoms with Gasteiger partial charge in [-0.05, 0) is 49.2 Å². The van der Waals surface area contributed by atoms with Gasteiger partial charge in [-0.2, -0.15) is 5.26 Å². The van der Waals surface area contributed by atoms with E-state index in [0.29, 0.717) is 39.3 Å². The molecular weight excluding hydrogens is 499 g/mol. The van der Waals surface area contributed by atoms with Gasteiger partial charge in [0.2, 0.25) is 5.91 Å². The third-order valence-corrected chi connectivity index (χ3v) is 6.87. The van der Waals surface area contributed by atoms with Gasteiger partial charge in [0.15, 0.2) is 5.78 Å². The van der Waals surface area contributed by atoms with Crippen LogP contribution in [0.1, 0.15) is 24.8 Å². The fourth-order valence-electron chi connectivity index (χ4n) is 4.90. The van der Waals surface area contributed by atoms with Crippen LogP contribution in [0.5, 0.6) is 0 Å². The van der Waals surface area contributed by atoms with Crippen LogP contribution in [0.4, 0.5) is 15.8 Å². The second kappa shape index (κ2) is 7.19. The number of ketones is 1. The highest BCUT2D eigenvalue weighted by atomic mass is 79.9. The number of nitrogens with two attached hydrogens (primary N) is 1. The van der Waals surface area contributed by atoms with Crippen LogP contribution in [0, 0.1) is 17.1 Å². The largest absolute Gasteiger partial charge is 0.384 e. The molecule has 6 nitrogen and oxygen atoms in total. The minimum absolute atomic E-state index is 0.0925. The summed E-state index contributed by atoms with van der Waals surface area (Å²) in [4.78, 5) is 28.2. The molecule has 32 heavy (non-hydrogen) atoms. The number of nitrogens with one attached hydrogen (secondary N) is 1. The Bertz CT molecular complexity index is 1350. The predicted octanol–water partition coefficient (Wildman–Crippen LogP) is 4.65. The van der Waals surface area contributed by atoms with Gasteiger partial charge in [0.1, 0.15) is 23.1 Å². The van der Waals surface area contributed by atoms with Gasteiger partial charge >= 0.3 is 0 Å². The Labute approximate surface area is 196 Å². The average molecular weight is 514 g/mol. The summed E-state index contributed by atoms with van der Waals surface area (Å²) in [6.07, 6.45) is 1.11. The highest BCUT2D eigenvalue weighted by Crippen LogP contribution is 2.55. The van der Waals surface area contributed by atoms with Crippen LogP contribution in [0.15, 0.2) is 63.5 Å². The number of fused-ring (bicyclic) bond motifs is 3. The normalized spacial score (nSPS) is 22.1. The van der Waals surface area contributed by atoms with E-state index in [4.69, 9.17) is 17.3 Å². The molecule has 2 heterocycles. The number of carbonyl (C=O) groups is 2. The van der Waals surface area contributed by atoms with Crippen molar-refractivity contribution in [2.45, 2.75) is 24.7 Å². The van der Waals surface area contributed by atoms with Crippen LogP contribution in [0.2, 0.25) is 5.02 Å². The molecule has 5 rings (SSSR count). The van der Waals surface area contributed by atoms with Crippen molar-refractivity contribution in [2.24, 2.45) is 5.73 Å². The smallest absolute Gasteiger partial charge is 0.245 e. The van der Waals surface area contributed by atoms with E-state index < -0.39 is 17.1 Å². The third kappa shape index (κ3) is 2.61. The number of nitriles is 1. The molecule has 0 saturated carbocycles. The number of Topliss-reactive ketones (excluding diaryl/α,β-unsaturated/α-hetero) is 1. The van der Waals surface area contributed by atoms with Crippen molar-refractivity contribution in [1.29, 1.82) is 5.26 Å². The molecule has 2 aliphatic heterocycles. The zero-order chi connectivity index (χ0) is 22.8. The molecule has 0 aromatic heterocycles. The third-order valence-electron chi connectivity index (χ3n) is 6.14. The molecule has 0 radical (unpaired) electrons. The molecule has 2 aromatic rings. The first-order valence-corrected chi connectivity index (χ1v) is 11.0. The number of hydrogen-bond acceptors (Lipinski definition) is 5. The Hall–Kier alpha value is -3.15. The van der Waals surface area contributed by atoms with E-state index in [9.17, 15) is 19.2 Å². The van der Waals surface area contributed by atoms with Gasteiger partial charge in [0.05, 0.1) is 11.3 Å². The van der Waals surface area contributed by atoms with Crippen LogP contribution >= 0.6 is 27.5 Å². The first-order chi connectivity index (χ1) is 15.3. The Morgan fingerprint density at radius 3 is 2.72 bits per heavy atom. The lowest BCUT2D eigenvalue weighted by Crippen LogP contribution is -2.50. The van der Waals surface area contributed by atoms with Crippen LogP contribution in [0.3, 0.4) is 0 Å². The second-order valence-corrected chi connectivity index (χ2v) is 9.15. The minimum Gasteiger partial charge on any atom is -0.384 e. The molecule has 3 N–H and O–H groups in total. The zero-order valence-corrected chi connectivity index (χ0v) is 18.8. The number of rotatable bonds is 1. The van der Waals surface area contributed by atoms with Gasteiger partial charge in [-0.3, -0.25) is 14.5 Å². The van der Waals surface area contributed by atoms with Crippen molar-refractivity contribution in [1.82, 2.24) is 0 Å². The highest BCUT2D eigenvalue weighted by Gasteiger charge is 2.60. The van der Waals surface area contributed by atoms with Crippen LogP contribution < -0.4 is 16.0 Å². The molecule has 1 aliphatic carbocycles. The van der Waals surface area contributed by atoms with Crippen LogP contribution in [-0.2, 0) is 15.0 Å². The Morgan fingerprint density at radius 1 is 1.22 bits per heavy atom. The fourth-order valence-corrected chi connectivity index (χ4v) is 5.41. The Kier molecular flexibility index (Phi) is 4.66. The van der Waals surface area contributed by atoms with Crippen molar-refractivity contribution in [3.63, 3.8) is 0 Å². The highest BCUT2D eigenvalue weighted by molar-refractivity contribution is 9.10. The van der Waals surface area contributed by atoms with E-state index in [1.807, 2.05) is 0 Å². The first-order valence-electron chi connectivity index (χ1n) is 9.84. The second-order valence-electron chi connectivity index (χ2n) is 7.80. The van der Waals surface area contributed by atoms with Crippen molar-refractivity contribution in [2.75, 3.05) is 10.2 Å². The van der Waals surface area contributed by atoms with Crippen molar-refractivity contribution < 1.29 is 14.0 Å². The van der Waals surface area contributed by atoms with E-state index in [2.05, 4.69) is 27.3 Å². The topological polar surface area (TPSA) is 99.2 Å². The lowest BCUT2D eigenvalue weighted by Gasteiger charge is -2.43. The molecule has 1 amide bonds. The lowest BCUT2D eigenvalue weighted by atomic mass is 9.64. The molecule has 0 saturated heterocycles. The summed E-state index contributed by atoms with van der Waals surface area (Å²) in [6.45, 7) is 0. The summed E-state index contributed by atoms with van der Waals surface area (Å²) >= 11 is 9.47. The van der Waals surface area contributed by atoms with Gasteiger partial charge in [-0.1, -0.05) is 27.5 Å². The summed E-state index contributed by atoms with van der Waals surface area (Å²) in [7, 11) is 0. The standard InChI is InChI=1S/C23H15BrClFN4O2/c24-11-4-7-17(15(26)8-11)30-18-2-1-3-19(31)20(18)23(14(10-27)21(30)28)13-9-12(25)5-6-16(13)29-22(23)32/h4-9H,1-3,28H2,(H,29,32). The average Bonchev–Trinajstić information content (AvgIpc) is 3.02.